The molecule has 0 spiro atoms. The van der Waals surface area contributed by atoms with Gasteiger partial charge in [-0.05, 0) is 12.5 Å². The van der Waals surface area contributed by atoms with Gasteiger partial charge in [-0.25, -0.2) is 4.39 Å². The Morgan fingerprint density at radius 3 is 2.64 bits per heavy atom. The van der Waals surface area contributed by atoms with Crippen molar-refractivity contribution in [2.45, 2.75) is 12.6 Å². The van der Waals surface area contributed by atoms with E-state index >= 15 is 0 Å². The van der Waals surface area contributed by atoms with Crippen LogP contribution in [0.2, 0.25) is 0 Å². The lowest BCUT2D eigenvalue weighted by atomic mass is 10.2. The summed E-state index contributed by atoms with van der Waals surface area (Å²) in [5, 5.41) is 0.312. The minimum Gasteiger partial charge on any atom is -0.289 e. The standard InChI is InChI=1S/C11H13BrFN/c1-11(13,8-12)9-14-7-10-5-3-2-4-6-10/h2-7H,8-9H2,1H3. The van der Waals surface area contributed by atoms with Crippen molar-refractivity contribution in [3.8, 4) is 0 Å². The molecular weight excluding hydrogens is 245 g/mol. The van der Waals surface area contributed by atoms with Gasteiger partial charge in [0.05, 0.1) is 6.54 Å². The zero-order chi connectivity index (χ0) is 10.4. The summed E-state index contributed by atoms with van der Waals surface area (Å²) in [6, 6.07) is 9.68. The number of nitrogens with zero attached hydrogens (tertiary/aromatic N) is 1. The van der Waals surface area contributed by atoms with E-state index < -0.39 is 5.67 Å². The van der Waals surface area contributed by atoms with E-state index in [0.29, 0.717) is 5.33 Å². The van der Waals surface area contributed by atoms with Gasteiger partial charge in [0.15, 0.2) is 0 Å². The summed E-state index contributed by atoms with van der Waals surface area (Å²) in [7, 11) is 0. The molecule has 1 unspecified atom stereocenters. The van der Waals surface area contributed by atoms with Crippen molar-refractivity contribution in [3.05, 3.63) is 35.9 Å². The summed E-state index contributed by atoms with van der Waals surface area (Å²) >= 11 is 3.11. The lowest BCUT2D eigenvalue weighted by Gasteiger charge is -2.12. The molecule has 1 aromatic rings. The van der Waals surface area contributed by atoms with Crippen LogP contribution >= 0.6 is 15.9 Å². The van der Waals surface area contributed by atoms with Gasteiger partial charge in [0.1, 0.15) is 5.67 Å². The molecule has 1 rings (SSSR count). The second-order valence-corrected chi connectivity index (χ2v) is 3.99. The van der Waals surface area contributed by atoms with Crippen LogP contribution in [0.25, 0.3) is 0 Å². The summed E-state index contributed by atoms with van der Waals surface area (Å²) in [4.78, 5) is 4.05. The largest absolute Gasteiger partial charge is 0.289 e. The fraction of sp³-hybridized carbons (Fsp3) is 0.364. The third-order valence-corrected chi connectivity index (χ3v) is 2.91. The minimum atomic E-state index is -1.26. The summed E-state index contributed by atoms with van der Waals surface area (Å²) in [6.07, 6.45) is 1.69. The second kappa shape index (κ2) is 5.25. The molecule has 0 aliphatic heterocycles. The second-order valence-electron chi connectivity index (χ2n) is 3.43. The third-order valence-electron chi connectivity index (χ3n) is 1.74. The number of aliphatic imine (C=N–C) groups is 1. The Balaban J connectivity index is 2.50. The summed E-state index contributed by atoms with van der Waals surface area (Å²) < 4.78 is 13.4. The molecule has 0 N–H and O–H groups in total. The fourth-order valence-corrected chi connectivity index (χ4v) is 1.10. The Morgan fingerprint density at radius 1 is 1.43 bits per heavy atom. The molecule has 1 aromatic carbocycles. The van der Waals surface area contributed by atoms with Crippen molar-refractivity contribution in [1.29, 1.82) is 0 Å². The molecule has 0 bridgehead atoms. The maximum absolute atomic E-state index is 13.4. The average molecular weight is 258 g/mol. The summed E-state index contributed by atoms with van der Waals surface area (Å²) in [6.45, 7) is 1.72. The fourth-order valence-electron chi connectivity index (χ4n) is 0.923. The van der Waals surface area contributed by atoms with Crippen LogP contribution in [0.1, 0.15) is 12.5 Å². The van der Waals surface area contributed by atoms with Crippen LogP contribution in [0, 0.1) is 0 Å². The number of rotatable bonds is 4. The molecule has 0 radical (unpaired) electrons. The Kier molecular flexibility index (Phi) is 4.26. The highest BCUT2D eigenvalue weighted by molar-refractivity contribution is 9.09. The minimum absolute atomic E-state index is 0.188. The van der Waals surface area contributed by atoms with Crippen molar-refractivity contribution in [2.75, 3.05) is 11.9 Å². The molecule has 0 fully saturated rings. The lowest BCUT2D eigenvalue weighted by Crippen LogP contribution is -2.23. The number of hydrogen-bond donors (Lipinski definition) is 0. The summed E-state index contributed by atoms with van der Waals surface area (Å²) in [5.41, 5.74) is -0.261. The Hall–Kier alpha value is -0.700. The molecule has 0 saturated carbocycles. The smallest absolute Gasteiger partial charge is 0.137 e. The van der Waals surface area contributed by atoms with Gasteiger partial charge in [0.2, 0.25) is 0 Å². The number of benzene rings is 1. The molecule has 0 aliphatic rings. The zero-order valence-corrected chi connectivity index (χ0v) is 9.67. The number of halogens is 2. The van der Waals surface area contributed by atoms with E-state index in [1.165, 1.54) is 6.92 Å². The molecule has 0 aromatic heterocycles. The highest BCUT2D eigenvalue weighted by atomic mass is 79.9. The molecular formula is C11H13BrFN. The first-order chi connectivity index (χ1) is 6.64. The third kappa shape index (κ3) is 4.01. The molecule has 0 aliphatic carbocycles. The van der Waals surface area contributed by atoms with Gasteiger partial charge in [-0.2, -0.15) is 0 Å². The van der Waals surface area contributed by atoms with Crippen LogP contribution in [0.15, 0.2) is 35.3 Å². The van der Waals surface area contributed by atoms with Gasteiger partial charge in [0.25, 0.3) is 0 Å². The van der Waals surface area contributed by atoms with Gasteiger partial charge in [0, 0.05) is 11.5 Å². The molecule has 3 heteroatoms. The van der Waals surface area contributed by atoms with E-state index in [2.05, 4.69) is 20.9 Å². The average Bonchev–Trinajstić information content (AvgIpc) is 2.19. The Labute approximate surface area is 92.2 Å². The Bertz CT molecular complexity index is 295. The highest BCUT2D eigenvalue weighted by Crippen LogP contribution is 2.13. The first kappa shape index (κ1) is 11.4. The monoisotopic (exact) mass is 257 g/mol. The van der Waals surface area contributed by atoms with E-state index in [-0.39, 0.29) is 6.54 Å². The van der Waals surface area contributed by atoms with Gasteiger partial charge < -0.3 is 0 Å². The van der Waals surface area contributed by atoms with Crippen molar-refractivity contribution in [2.24, 2.45) is 4.99 Å². The normalized spacial score (nSPS) is 15.6. The van der Waals surface area contributed by atoms with Crippen LogP contribution < -0.4 is 0 Å². The van der Waals surface area contributed by atoms with E-state index in [1.807, 2.05) is 30.3 Å². The van der Waals surface area contributed by atoms with Gasteiger partial charge in [-0.15, -0.1) is 0 Å². The predicted octanol–water partition coefficient (Wildman–Crippen LogP) is 3.23. The molecule has 1 atom stereocenters. The van der Waals surface area contributed by atoms with Crippen LogP contribution in [-0.2, 0) is 0 Å². The first-order valence-corrected chi connectivity index (χ1v) is 5.56. The van der Waals surface area contributed by atoms with Gasteiger partial charge in [-0.3, -0.25) is 4.99 Å². The van der Waals surface area contributed by atoms with Crippen LogP contribution in [-0.4, -0.2) is 23.8 Å². The van der Waals surface area contributed by atoms with Crippen LogP contribution in [0.5, 0.6) is 0 Å². The van der Waals surface area contributed by atoms with Crippen molar-refractivity contribution in [3.63, 3.8) is 0 Å². The maximum atomic E-state index is 13.4. The van der Waals surface area contributed by atoms with Crippen molar-refractivity contribution >= 4 is 22.1 Å². The number of hydrogen-bond acceptors (Lipinski definition) is 1. The van der Waals surface area contributed by atoms with Crippen molar-refractivity contribution < 1.29 is 4.39 Å². The van der Waals surface area contributed by atoms with E-state index in [0.717, 1.165) is 5.56 Å². The summed E-state index contributed by atoms with van der Waals surface area (Å²) in [5.74, 6) is 0. The molecule has 0 saturated heterocycles. The van der Waals surface area contributed by atoms with Gasteiger partial charge in [-0.1, -0.05) is 46.3 Å². The van der Waals surface area contributed by atoms with Crippen molar-refractivity contribution in [1.82, 2.24) is 0 Å². The molecule has 76 valence electrons. The Morgan fingerprint density at radius 2 is 2.07 bits per heavy atom. The van der Waals surface area contributed by atoms with Crippen LogP contribution in [0.4, 0.5) is 4.39 Å². The van der Waals surface area contributed by atoms with E-state index in [4.69, 9.17) is 0 Å². The first-order valence-electron chi connectivity index (χ1n) is 4.44. The highest BCUT2D eigenvalue weighted by Gasteiger charge is 2.19. The lowest BCUT2D eigenvalue weighted by molar-refractivity contribution is 0.237. The van der Waals surface area contributed by atoms with E-state index in [1.54, 1.807) is 6.21 Å². The van der Waals surface area contributed by atoms with Gasteiger partial charge >= 0.3 is 0 Å². The topological polar surface area (TPSA) is 12.4 Å². The van der Waals surface area contributed by atoms with Crippen LogP contribution in [0.3, 0.4) is 0 Å². The molecule has 0 heterocycles. The maximum Gasteiger partial charge on any atom is 0.137 e. The molecule has 14 heavy (non-hydrogen) atoms. The SMILES string of the molecule is CC(F)(CBr)CN=Cc1ccccc1. The number of alkyl halides is 2. The van der Waals surface area contributed by atoms with E-state index in [9.17, 15) is 4.39 Å². The quantitative estimate of drug-likeness (QED) is 0.580. The molecule has 0 amide bonds. The zero-order valence-electron chi connectivity index (χ0n) is 8.08. The molecule has 1 nitrogen and oxygen atoms in total. The predicted molar refractivity (Wildman–Crippen MR) is 62.2 cm³/mol.